The second-order valence-electron chi connectivity index (χ2n) is 6.58. The third-order valence-electron chi connectivity index (χ3n) is 4.91. The first-order valence-electron chi connectivity index (χ1n) is 9.07. The van der Waals surface area contributed by atoms with Gasteiger partial charge in [0.25, 0.3) is 0 Å². The number of hydrogen-bond acceptors (Lipinski definition) is 3. The van der Waals surface area contributed by atoms with Gasteiger partial charge in [0.2, 0.25) is 0 Å². The van der Waals surface area contributed by atoms with Gasteiger partial charge in [-0.2, -0.15) is 0 Å². The van der Waals surface area contributed by atoms with Crippen LogP contribution in [-0.2, 0) is 6.54 Å². The summed E-state index contributed by atoms with van der Waals surface area (Å²) in [5.74, 6) is -0.300. The lowest BCUT2D eigenvalue weighted by molar-refractivity contribution is 0.194. The zero-order chi connectivity index (χ0) is 18.6. The van der Waals surface area contributed by atoms with E-state index in [9.17, 15) is 9.18 Å². The summed E-state index contributed by atoms with van der Waals surface area (Å²) in [5, 5.41) is 3.92. The third-order valence-corrected chi connectivity index (χ3v) is 4.91. The third kappa shape index (κ3) is 3.69. The highest BCUT2D eigenvalue weighted by Gasteiger charge is 2.22. The second-order valence-corrected chi connectivity index (χ2v) is 6.58. The number of rotatable bonds is 3. The average Bonchev–Trinajstić information content (AvgIpc) is 2.73. The van der Waals surface area contributed by atoms with Gasteiger partial charge >= 0.3 is 6.03 Å². The van der Waals surface area contributed by atoms with Crippen molar-refractivity contribution in [2.24, 2.45) is 0 Å². The fraction of sp³-hybridized carbons (Fsp3) is 0.238. The number of aromatic nitrogens is 1. The zero-order valence-corrected chi connectivity index (χ0v) is 14.9. The lowest BCUT2D eigenvalue weighted by atomic mass is 10.1. The summed E-state index contributed by atoms with van der Waals surface area (Å²) < 4.78 is 13.7. The highest BCUT2D eigenvalue weighted by Crippen LogP contribution is 2.25. The number of nitrogens with one attached hydrogen (secondary N) is 1. The van der Waals surface area contributed by atoms with E-state index in [0.29, 0.717) is 18.7 Å². The minimum Gasteiger partial charge on any atom is -0.366 e. The number of benzene rings is 2. The molecule has 0 atom stereocenters. The summed E-state index contributed by atoms with van der Waals surface area (Å²) in [7, 11) is 0. The minimum atomic E-state index is -0.300. The zero-order valence-electron chi connectivity index (χ0n) is 14.9. The van der Waals surface area contributed by atoms with Crippen molar-refractivity contribution in [2.45, 2.75) is 6.54 Å². The topological polar surface area (TPSA) is 48.5 Å². The molecule has 4 rings (SSSR count). The normalized spacial score (nSPS) is 14.4. The molecule has 5 nitrogen and oxygen atoms in total. The van der Waals surface area contributed by atoms with E-state index in [0.717, 1.165) is 29.7 Å². The lowest BCUT2D eigenvalue weighted by Crippen LogP contribution is -2.51. The molecule has 0 unspecified atom stereocenters. The van der Waals surface area contributed by atoms with Crippen molar-refractivity contribution in [1.29, 1.82) is 0 Å². The molecular formula is C21H21FN4O. The predicted molar refractivity (Wildman–Crippen MR) is 104 cm³/mol. The number of piperazine rings is 1. The number of carbonyl (C=O) groups is 1. The van der Waals surface area contributed by atoms with E-state index < -0.39 is 0 Å². The molecule has 0 radical (unpaired) electrons. The van der Waals surface area contributed by atoms with Gasteiger partial charge in [-0.25, -0.2) is 9.18 Å². The Hall–Kier alpha value is -3.15. The van der Waals surface area contributed by atoms with Crippen LogP contribution in [0.15, 0.2) is 60.8 Å². The minimum absolute atomic E-state index is 0.158. The van der Waals surface area contributed by atoms with Crippen molar-refractivity contribution in [3.8, 4) is 0 Å². The fourth-order valence-electron chi connectivity index (χ4n) is 3.42. The van der Waals surface area contributed by atoms with Crippen LogP contribution in [0.5, 0.6) is 0 Å². The number of pyridine rings is 1. The molecule has 0 spiro atoms. The molecular weight excluding hydrogens is 343 g/mol. The number of halogens is 1. The van der Waals surface area contributed by atoms with Gasteiger partial charge in [-0.15, -0.1) is 0 Å². The van der Waals surface area contributed by atoms with Gasteiger partial charge in [0.05, 0.1) is 11.2 Å². The molecule has 1 saturated heterocycles. The molecule has 1 aromatic heterocycles. The summed E-state index contributed by atoms with van der Waals surface area (Å²) in [4.78, 5) is 20.9. The van der Waals surface area contributed by atoms with Crippen molar-refractivity contribution in [3.05, 3.63) is 72.2 Å². The Morgan fingerprint density at radius 2 is 1.78 bits per heavy atom. The Balaban J connectivity index is 1.37. The smallest absolute Gasteiger partial charge is 0.317 e. The van der Waals surface area contributed by atoms with Crippen molar-refractivity contribution in [1.82, 2.24) is 15.2 Å². The molecule has 2 heterocycles. The molecule has 27 heavy (non-hydrogen) atoms. The standard InChI is InChI=1S/C21H21FN4O/c22-18-8-2-1-5-17(18)15-24-21(27)26-13-11-25(12-14-26)19-9-3-6-16-7-4-10-23-20(16)19/h1-10H,11-15H2,(H,24,27). The van der Waals surface area contributed by atoms with Crippen LogP contribution in [0.25, 0.3) is 10.9 Å². The van der Waals surface area contributed by atoms with Gasteiger partial charge in [-0.05, 0) is 18.2 Å². The Morgan fingerprint density at radius 1 is 1.00 bits per heavy atom. The molecule has 2 amide bonds. The van der Waals surface area contributed by atoms with Crippen LogP contribution in [-0.4, -0.2) is 42.1 Å². The molecule has 138 valence electrons. The van der Waals surface area contributed by atoms with Gasteiger partial charge in [-0.1, -0.05) is 36.4 Å². The predicted octanol–water partition coefficient (Wildman–Crippen LogP) is 3.41. The number of urea groups is 1. The van der Waals surface area contributed by atoms with E-state index in [1.165, 1.54) is 6.07 Å². The lowest BCUT2D eigenvalue weighted by Gasteiger charge is -2.36. The first kappa shape index (κ1) is 17.3. The summed E-state index contributed by atoms with van der Waals surface area (Å²) in [6.07, 6.45) is 1.80. The Kier molecular flexibility index (Phi) is 4.87. The van der Waals surface area contributed by atoms with E-state index in [1.807, 2.05) is 12.1 Å². The quantitative estimate of drug-likeness (QED) is 0.775. The van der Waals surface area contributed by atoms with Crippen LogP contribution in [0, 0.1) is 5.82 Å². The molecule has 2 aromatic carbocycles. The molecule has 1 fully saturated rings. The van der Waals surface area contributed by atoms with Gasteiger partial charge in [0, 0.05) is 49.9 Å². The van der Waals surface area contributed by atoms with Crippen molar-refractivity contribution in [2.75, 3.05) is 31.1 Å². The van der Waals surface area contributed by atoms with Gasteiger partial charge in [0.15, 0.2) is 0 Å². The van der Waals surface area contributed by atoms with Crippen LogP contribution in [0.2, 0.25) is 0 Å². The maximum atomic E-state index is 13.7. The maximum Gasteiger partial charge on any atom is 0.317 e. The van der Waals surface area contributed by atoms with Crippen molar-refractivity contribution < 1.29 is 9.18 Å². The monoisotopic (exact) mass is 364 g/mol. The summed E-state index contributed by atoms with van der Waals surface area (Å²) in [6.45, 7) is 2.91. The molecule has 1 aliphatic rings. The number of para-hydroxylation sites is 1. The van der Waals surface area contributed by atoms with Crippen LogP contribution in [0.3, 0.4) is 0 Å². The van der Waals surface area contributed by atoms with E-state index >= 15 is 0 Å². The molecule has 0 bridgehead atoms. The van der Waals surface area contributed by atoms with Gasteiger partial charge < -0.3 is 15.1 Å². The van der Waals surface area contributed by atoms with E-state index in [4.69, 9.17) is 0 Å². The molecule has 6 heteroatoms. The molecule has 3 aromatic rings. The summed E-state index contributed by atoms with van der Waals surface area (Å²) >= 11 is 0. The van der Waals surface area contributed by atoms with Crippen LogP contribution < -0.4 is 10.2 Å². The fourth-order valence-corrected chi connectivity index (χ4v) is 3.42. The molecule has 0 aliphatic carbocycles. The van der Waals surface area contributed by atoms with Crippen LogP contribution in [0.4, 0.5) is 14.9 Å². The number of amides is 2. The molecule has 1 aliphatic heterocycles. The number of anilines is 1. The van der Waals surface area contributed by atoms with E-state index in [-0.39, 0.29) is 18.4 Å². The van der Waals surface area contributed by atoms with Crippen LogP contribution >= 0.6 is 0 Å². The first-order valence-corrected chi connectivity index (χ1v) is 9.07. The number of fused-ring (bicyclic) bond motifs is 1. The van der Waals surface area contributed by atoms with Crippen molar-refractivity contribution in [3.63, 3.8) is 0 Å². The first-order chi connectivity index (χ1) is 13.2. The van der Waals surface area contributed by atoms with E-state index in [2.05, 4.69) is 33.4 Å². The van der Waals surface area contributed by atoms with Crippen molar-refractivity contribution >= 4 is 22.6 Å². The largest absolute Gasteiger partial charge is 0.366 e. The van der Waals surface area contributed by atoms with Crippen LogP contribution in [0.1, 0.15) is 5.56 Å². The Labute approximate surface area is 157 Å². The Morgan fingerprint density at radius 3 is 2.59 bits per heavy atom. The van der Waals surface area contributed by atoms with Gasteiger partial charge in [0.1, 0.15) is 5.82 Å². The molecule has 0 saturated carbocycles. The average molecular weight is 364 g/mol. The summed E-state index contributed by atoms with van der Waals surface area (Å²) in [5.41, 5.74) is 2.57. The van der Waals surface area contributed by atoms with Gasteiger partial charge in [-0.3, -0.25) is 4.98 Å². The maximum absolute atomic E-state index is 13.7. The number of nitrogens with zero attached hydrogens (tertiary/aromatic N) is 3. The number of carbonyl (C=O) groups excluding carboxylic acids is 1. The molecule has 1 N–H and O–H groups in total. The number of hydrogen-bond donors (Lipinski definition) is 1. The van der Waals surface area contributed by atoms with E-state index in [1.54, 1.807) is 29.3 Å². The highest BCUT2D eigenvalue weighted by atomic mass is 19.1. The second kappa shape index (κ2) is 7.61. The SMILES string of the molecule is O=C(NCc1ccccc1F)N1CCN(c2cccc3cccnc23)CC1. The Bertz CT molecular complexity index is 948. The highest BCUT2D eigenvalue weighted by molar-refractivity contribution is 5.90. The summed E-state index contributed by atoms with van der Waals surface area (Å²) in [6, 6.07) is 16.5.